The fourth-order valence-corrected chi connectivity index (χ4v) is 1.12. The van der Waals surface area contributed by atoms with Crippen molar-refractivity contribution in [3.63, 3.8) is 0 Å². The standard InChI is InChI=1S/C10H20N2O/c1-4-12(8-6-5-7-11)10(13)9(2)3/h2,4-8,11H2,1,3H3. The van der Waals surface area contributed by atoms with E-state index >= 15 is 0 Å². The van der Waals surface area contributed by atoms with E-state index in [-0.39, 0.29) is 5.91 Å². The smallest absolute Gasteiger partial charge is 0.248 e. The van der Waals surface area contributed by atoms with Gasteiger partial charge in [-0.05, 0) is 33.2 Å². The largest absolute Gasteiger partial charge is 0.339 e. The molecule has 3 nitrogen and oxygen atoms in total. The lowest BCUT2D eigenvalue weighted by Gasteiger charge is -2.20. The van der Waals surface area contributed by atoms with Crippen molar-refractivity contribution in [1.82, 2.24) is 4.90 Å². The predicted octanol–water partition coefficient (Wildman–Crippen LogP) is 1.15. The molecule has 0 saturated carbocycles. The lowest BCUT2D eigenvalue weighted by atomic mass is 10.2. The van der Waals surface area contributed by atoms with Crippen LogP contribution in [0.25, 0.3) is 0 Å². The SMILES string of the molecule is C=C(C)C(=O)N(CC)CCCCN. The molecule has 0 unspecified atom stereocenters. The second kappa shape index (κ2) is 6.66. The Bertz CT molecular complexity index is 178. The van der Waals surface area contributed by atoms with Gasteiger partial charge in [-0.1, -0.05) is 6.58 Å². The topological polar surface area (TPSA) is 46.3 Å². The highest BCUT2D eigenvalue weighted by molar-refractivity contribution is 5.92. The van der Waals surface area contributed by atoms with Crippen molar-refractivity contribution in [2.75, 3.05) is 19.6 Å². The quantitative estimate of drug-likeness (QED) is 0.497. The molecule has 3 heteroatoms. The first-order chi connectivity index (χ1) is 6.13. The van der Waals surface area contributed by atoms with E-state index in [1.165, 1.54) is 0 Å². The normalized spacial score (nSPS) is 9.77. The van der Waals surface area contributed by atoms with Crippen LogP contribution in [0.4, 0.5) is 0 Å². The number of carbonyl (C=O) groups is 1. The molecule has 0 saturated heterocycles. The Hall–Kier alpha value is -0.830. The summed E-state index contributed by atoms with van der Waals surface area (Å²) in [7, 11) is 0. The van der Waals surface area contributed by atoms with E-state index in [1.807, 2.05) is 6.92 Å². The van der Waals surface area contributed by atoms with Gasteiger partial charge in [0.2, 0.25) is 5.91 Å². The number of nitrogens with zero attached hydrogens (tertiary/aromatic N) is 1. The van der Waals surface area contributed by atoms with E-state index < -0.39 is 0 Å². The van der Waals surface area contributed by atoms with Crippen molar-refractivity contribution in [3.8, 4) is 0 Å². The molecule has 0 aliphatic carbocycles. The summed E-state index contributed by atoms with van der Waals surface area (Å²) in [6.07, 6.45) is 1.95. The molecule has 1 amide bonds. The second-order valence-electron chi connectivity index (χ2n) is 3.16. The molecule has 0 aromatic rings. The van der Waals surface area contributed by atoms with Gasteiger partial charge in [0.1, 0.15) is 0 Å². The van der Waals surface area contributed by atoms with Crippen molar-refractivity contribution in [2.24, 2.45) is 5.73 Å². The third-order valence-corrected chi connectivity index (χ3v) is 1.92. The number of nitrogens with two attached hydrogens (primary N) is 1. The lowest BCUT2D eigenvalue weighted by Crippen LogP contribution is -2.32. The van der Waals surface area contributed by atoms with Crippen molar-refractivity contribution in [1.29, 1.82) is 0 Å². The Labute approximate surface area is 80.6 Å². The minimum atomic E-state index is 0.0551. The monoisotopic (exact) mass is 184 g/mol. The molecule has 13 heavy (non-hydrogen) atoms. The Morgan fingerprint density at radius 2 is 2.08 bits per heavy atom. The third-order valence-electron chi connectivity index (χ3n) is 1.92. The Kier molecular flexibility index (Phi) is 6.24. The molecule has 76 valence electrons. The van der Waals surface area contributed by atoms with Crippen LogP contribution in [0.2, 0.25) is 0 Å². The molecule has 0 heterocycles. The van der Waals surface area contributed by atoms with Gasteiger partial charge in [-0.2, -0.15) is 0 Å². The van der Waals surface area contributed by atoms with E-state index in [0.29, 0.717) is 12.1 Å². The van der Waals surface area contributed by atoms with Crippen LogP contribution in [0.3, 0.4) is 0 Å². The molecule has 0 aromatic heterocycles. The summed E-state index contributed by atoms with van der Waals surface area (Å²) in [6.45, 7) is 9.59. The van der Waals surface area contributed by atoms with Gasteiger partial charge in [-0.15, -0.1) is 0 Å². The molecule has 0 atom stereocenters. The zero-order valence-electron chi connectivity index (χ0n) is 8.68. The molecule has 2 N–H and O–H groups in total. The maximum Gasteiger partial charge on any atom is 0.248 e. The minimum absolute atomic E-state index is 0.0551. The molecular weight excluding hydrogens is 164 g/mol. The number of hydrogen-bond acceptors (Lipinski definition) is 2. The molecular formula is C10H20N2O. The van der Waals surface area contributed by atoms with Crippen LogP contribution >= 0.6 is 0 Å². The van der Waals surface area contributed by atoms with Crippen LogP contribution in [0, 0.1) is 0 Å². The summed E-state index contributed by atoms with van der Waals surface area (Å²) < 4.78 is 0. The first-order valence-electron chi connectivity index (χ1n) is 4.78. The first kappa shape index (κ1) is 12.2. The third kappa shape index (κ3) is 4.68. The fraction of sp³-hybridized carbons (Fsp3) is 0.700. The Morgan fingerprint density at radius 3 is 2.46 bits per heavy atom. The summed E-state index contributed by atoms with van der Waals surface area (Å²) >= 11 is 0. The summed E-state index contributed by atoms with van der Waals surface area (Å²) in [6, 6.07) is 0. The Balaban J connectivity index is 3.88. The van der Waals surface area contributed by atoms with Gasteiger partial charge in [-0.25, -0.2) is 0 Å². The average Bonchev–Trinajstić information content (AvgIpc) is 2.11. The highest BCUT2D eigenvalue weighted by Crippen LogP contribution is 2.00. The molecule has 0 aliphatic rings. The summed E-state index contributed by atoms with van der Waals surface area (Å²) in [4.78, 5) is 13.3. The number of amides is 1. The highest BCUT2D eigenvalue weighted by Gasteiger charge is 2.10. The van der Waals surface area contributed by atoms with Gasteiger partial charge in [0.25, 0.3) is 0 Å². The van der Waals surface area contributed by atoms with E-state index in [2.05, 4.69) is 6.58 Å². The van der Waals surface area contributed by atoms with Crippen molar-refractivity contribution in [2.45, 2.75) is 26.7 Å². The molecule has 0 rings (SSSR count). The van der Waals surface area contributed by atoms with Crippen LogP contribution in [0.1, 0.15) is 26.7 Å². The van der Waals surface area contributed by atoms with E-state index in [0.717, 1.165) is 25.9 Å². The second-order valence-corrected chi connectivity index (χ2v) is 3.16. The first-order valence-corrected chi connectivity index (χ1v) is 4.78. The summed E-state index contributed by atoms with van der Waals surface area (Å²) in [5, 5.41) is 0. The van der Waals surface area contributed by atoms with E-state index in [9.17, 15) is 4.79 Å². The lowest BCUT2D eigenvalue weighted by molar-refractivity contribution is -0.126. The molecule has 0 aromatic carbocycles. The van der Waals surface area contributed by atoms with Gasteiger partial charge >= 0.3 is 0 Å². The maximum atomic E-state index is 11.5. The number of unbranched alkanes of at least 4 members (excludes halogenated alkanes) is 1. The van der Waals surface area contributed by atoms with E-state index in [4.69, 9.17) is 5.73 Å². The minimum Gasteiger partial charge on any atom is -0.339 e. The van der Waals surface area contributed by atoms with Crippen molar-refractivity contribution < 1.29 is 4.79 Å². The fourth-order valence-electron chi connectivity index (χ4n) is 1.12. The number of likely N-dealkylation sites (N-methyl/N-ethyl adjacent to an activating group) is 1. The average molecular weight is 184 g/mol. The molecule has 0 radical (unpaired) electrons. The summed E-state index contributed by atoms with van der Waals surface area (Å²) in [5.41, 5.74) is 5.98. The van der Waals surface area contributed by atoms with Gasteiger partial charge in [0.15, 0.2) is 0 Å². The molecule has 0 aliphatic heterocycles. The van der Waals surface area contributed by atoms with Crippen LogP contribution < -0.4 is 5.73 Å². The van der Waals surface area contributed by atoms with Crippen molar-refractivity contribution in [3.05, 3.63) is 12.2 Å². The number of carbonyl (C=O) groups excluding carboxylic acids is 1. The zero-order chi connectivity index (χ0) is 10.3. The van der Waals surface area contributed by atoms with Gasteiger partial charge in [-0.3, -0.25) is 4.79 Å². The van der Waals surface area contributed by atoms with Crippen LogP contribution in [-0.4, -0.2) is 30.4 Å². The van der Waals surface area contributed by atoms with E-state index in [1.54, 1.807) is 11.8 Å². The molecule has 0 fully saturated rings. The number of hydrogen-bond donors (Lipinski definition) is 1. The van der Waals surface area contributed by atoms with Crippen LogP contribution in [-0.2, 0) is 4.79 Å². The highest BCUT2D eigenvalue weighted by atomic mass is 16.2. The van der Waals surface area contributed by atoms with Crippen LogP contribution in [0.5, 0.6) is 0 Å². The van der Waals surface area contributed by atoms with Gasteiger partial charge in [0.05, 0.1) is 0 Å². The zero-order valence-corrected chi connectivity index (χ0v) is 8.68. The maximum absolute atomic E-state index is 11.5. The summed E-state index contributed by atoms with van der Waals surface area (Å²) in [5.74, 6) is 0.0551. The van der Waals surface area contributed by atoms with Crippen LogP contribution in [0.15, 0.2) is 12.2 Å². The molecule has 0 bridgehead atoms. The number of rotatable bonds is 6. The predicted molar refractivity (Wildman–Crippen MR) is 55.4 cm³/mol. The molecule has 0 spiro atoms. The van der Waals surface area contributed by atoms with Crippen molar-refractivity contribution >= 4 is 5.91 Å². The van der Waals surface area contributed by atoms with Gasteiger partial charge in [0, 0.05) is 18.7 Å². The Morgan fingerprint density at radius 1 is 1.46 bits per heavy atom. The van der Waals surface area contributed by atoms with Gasteiger partial charge < -0.3 is 10.6 Å².